The zero-order valence-corrected chi connectivity index (χ0v) is 10.7. The van der Waals surface area contributed by atoms with Crippen LogP contribution in [0.4, 0.5) is 5.69 Å². The molecular weight excluding hydrogens is 242 g/mol. The molecule has 0 saturated carbocycles. The van der Waals surface area contributed by atoms with Crippen molar-refractivity contribution >= 4 is 11.6 Å². The monoisotopic (exact) mass is 259 g/mol. The van der Waals surface area contributed by atoms with E-state index in [0.29, 0.717) is 11.4 Å². The van der Waals surface area contributed by atoms with E-state index < -0.39 is 6.10 Å². The number of aryl methyl sites for hydroxylation is 1. The largest absolute Gasteiger partial charge is 0.397 e. The van der Waals surface area contributed by atoms with Crippen molar-refractivity contribution in [2.45, 2.75) is 6.10 Å². The van der Waals surface area contributed by atoms with E-state index in [9.17, 15) is 9.90 Å². The van der Waals surface area contributed by atoms with Crippen molar-refractivity contribution in [2.24, 2.45) is 7.05 Å². The van der Waals surface area contributed by atoms with Gasteiger partial charge in [0.1, 0.15) is 5.69 Å². The third kappa shape index (κ3) is 3.14. The molecule has 0 spiro atoms. The minimum atomic E-state index is -0.720. The van der Waals surface area contributed by atoms with Crippen LogP contribution in [0.3, 0.4) is 0 Å². The molecule has 19 heavy (non-hydrogen) atoms. The average Bonchev–Trinajstić information content (AvgIpc) is 2.75. The molecular formula is C14H17N3O2. The van der Waals surface area contributed by atoms with Crippen molar-refractivity contribution in [3.63, 3.8) is 0 Å². The van der Waals surface area contributed by atoms with Gasteiger partial charge in [0.2, 0.25) is 0 Å². The maximum Gasteiger partial charge on any atom is 0.268 e. The summed E-state index contributed by atoms with van der Waals surface area (Å²) in [6.45, 7) is 0.161. The summed E-state index contributed by atoms with van der Waals surface area (Å²) in [5.41, 5.74) is 7.39. The van der Waals surface area contributed by atoms with E-state index in [-0.39, 0.29) is 12.5 Å². The minimum absolute atomic E-state index is 0.161. The SMILES string of the molecule is Cn1cc(N)cc1C(=O)NCC(O)c1ccccc1. The second-order valence-electron chi connectivity index (χ2n) is 4.41. The highest BCUT2D eigenvalue weighted by Gasteiger charge is 2.13. The van der Waals surface area contributed by atoms with E-state index in [1.165, 1.54) is 0 Å². The number of nitrogen functional groups attached to an aromatic ring is 1. The van der Waals surface area contributed by atoms with Crippen LogP contribution in [-0.2, 0) is 7.05 Å². The molecule has 1 atom stereocenters. The lowest BCUT2D eigenvalue weighted by atomic mass is 10.1. The predicted molar refractivity (Wildman–Crippen MR) is 73.6 cm³/mol. The number of carbonyl (C=O) groups is 1. The summed E-state index contributed by atoms with van der Waals surface area (Å²) in [4.78, 5) is 11.9. The number of hydrogen-bond donors (Lipinski definition) is 3. The fraction of sp³-hybridized carbons (Fsp3) is 0.214. The maximum atomic E-state index is 11.9. The van der Waals surface area contributed by atoms with Crippen LogP contribution in [0.15, 0.2) is 42.6 Å². The highest BCUT2D eigenvalue weighted by atomic mass is 16.3. The number of nitrogens with zero attached hydrogens (tertiary/aromatic N) is 1. The van der Waals surface area contributed by atoms with E-state index >= 15 is 0 Å². The molecule has 0 aliphatic rings. The zero-order chi connectivity index (χ0) is 13.8. The number of amides is 1. The van der Waals surface area contributed by atoms with Gasteiger partial charge >= 0.3 is 0 Å². The number of aliphatic hydroxyl groups is 1. The van der Waals surface area contributed by atoms with Gasteiger partial charge in [0.25, 0.3) is 5.91 Å². The van der Waals surface area contributed by atoms with E-state index in [1.54, 1.807) is 23.9 Å². The lowest BCUT2D eigenvalue weighted by molar-refractivity contribution is 0.0908. The fourth-order valence-electron chi connectivity index (χ4n) is 1.89. The Labute approximate surface area is 111 Å². The third-order valence-corrected chi connectivity index (χ3v) is 2.90. The van der Waals surface area contributed by atoms with E-state index in [2.05, 4.69) is 5.32 Å². The molecule has 0 saturated heterocycles. The van der Waals surface area contributed by atoms with Crippen molar-refractivity contribution in [3.8, 4) is 0 Å². The fourth-order valence-corrected chi connectivity index (χ4v) is 1.89. The first kappa shape index (κ1) is 13.2. The van der Waals surface area contributed by atoms with Gasteiger partial charge < -0.3 is 20.7 Å². The highest BCUT2D eigenvalue weighted by Crippen LogP contribution is 2.12. The Hall–Kier alpha value is -2.27. The number of benzene rings is 1. The molecule has 1 unspecified atom stereocenters. The van der Waals surface area contributed by atoms with E-state index in [4.69, 9.17) is 5.73 Å². The molecule has 5 heteroatoms. The van der Waals surface area contributed by atoms with Crippen LogP contribution in [0.25, 0.3) is 0 Å². The Balaban J connectivity index is 1.96. The molecule has 2 rings (SSSR count). The van der Waals surface area contributed by atoms with Crippen LogP contribution < -0.4 is 11.1 Å². The molecule has 1 amide bonds. The van der Waals surface area contributed by atoms with Crippen LogP contribution in [0, 0.1) is 0 Å². The number of rotatable bonds is 4. The number of carbonyl (C=O) groups excluding carboxylic acids is 1. The normalized spacial score (nSPS) is 12.1. The molecule has 2 aromatic rings. The molecule has 0 fully saturated rings. The van der Waals surface area contributed by atoms with Gasteiger partial charge in [0.05, 0.1) is 11.8 Å². The lowest BCUT2D eigenvalue weighted by Gasteiger charge is -2.12. The number of nitrogens with one attached hydrogen (secondary N) is 1. The summed E-state index contributed by atoms with van der Waals surface area (Å²) in [6.07, 6.45) is 0.950. The molecule has 1 aromatic carbocycles. The van der Waals surface area contributed by atoms with E-state index in [0.717, 1.165) is 5.56 Å². The molecule has 0 aliphatic heterocycles. The van der Waals surface area contributed by atoms with Gasteiger partial charge in [-0.3, -0.25) is 4.79 Å². The summed E-state index contributed by atoms with van der Waals surface area (Å²) < 4.78 is 1.65. The van der Waals surface area contributed by atoms with Crippen LogP contribution in [0.2, 0.25) is 0 Å². The predicted octanol–water partition coefficient (Wildman–Crippen LogP) is 1.07. The van der Waals surface area contributed by atoms with Crippen molar-refractivity contribution in [1.29, 1.82) is 0 Å². The van der Waals surface area contributed by atoms with Gasteiger partial charge in [0.15, 0.2) is 0 Å². The summed E-state index contributed by atoms with van der Waals surface area (Å²) in [6, 6.07) is 10.8. The highest BCUT2D eigenvalue weighted by molar-refractivity contribution is 5.93. The standard InChI is InChI=1S/C14H17N3O2/c1-17-9-11(15)7-12(17)14(19)16-8-13(18)10-5-3-2-4-6-10/h2-7,9,13,18H,8,15H2,1H3,(H,16,19). The Morgan fingerprint density at radius 2 is 2.11 bits per heavy atom. The van der Waals surface area contributed by atoms with Crippen LogP contribution in [0.1, 0.15) is 22.2 Å². The first-order valence-corrected chi connectivity index (χ1v) is 6.01. The summed E-state index contributed by atoms with van der Waals surface area (Å²) in [5.74, 6) is -0.255. The summed E-state index contributed by atoms with van der Waals surface area (Å²) in [7, 11) is 1.75. The number of nitrogens with two attached hydrogens (primary N) is 1. The maximum absolute atomic E-state index is 11.9. The number of aromatic nitrogens is 1. The molecule has 0 aliphatic carbocycles. The van der Waals surface area contributed by atoms with Gasteiger partial charge in [-0.05, 0) is 11.6 Å². The molecule has 5 nitrogen and oxygen atoms in total. The van der Waals surface area contributed by atoms with Crippen molar-refractivity contribution in [1.82, 2.24) is 9.88 Å². The van der Waals surface area contributed by atoms with Crippen LogP contribution in [-0.4, -0.2) is 22.1 Å². The number of aliphatic hydroxyl groups excluding tert-OH is 1. The zero-order valence-electron chi connectivity index (χ0n) is 10.7. The Kier molecular flexibility index (Phi) is 3.87. The topological polar surface area (TPSA) is 80.3 Å². The van der Waals surface area contributed by atoms with Crippen LogP contribution in [0.5, 0.6) is 0 Å². The second-order valence-corrected chi connectivity index (χ2v) is 4.41. The summed E-state index contributed by atoms with van der Waals surface area (Å²) in [5, 5.41) is 12.6. The van der Waals surface area contributed by atoms with Gasteiger partial charge in [-0.1, -0.05) is 30.3 Å². The molecule has 0 radical (unpaired) electrons. The van der Waals surface area contributed by atoms with E-state index in [1.807, 2.05) is 30.3 Å². The van der Waals surface area contributed by atoms with Crippen LogP contribution >= 0.6 is 0 Å². The first-order chi connectivity index (χ1) is 9.08. The molecule has 100 valence electrons. The Morgan fingerprint density at radius 1 is 1.42 bits per heavy atom. The third-order valence-electron chi connectivity index (χ3n) is 2.90. The lowest BCUT2D eigenvalue weighted by Crippen LogP contribution is -2.29. The molecule has 4 N–H and O–H groups in total. The number of anilines is 1. The Bertz CT molecular complexity index is 563. The molecule has 1 heterocycles. The van der Waals surface area contributed by atoms with Gasteiger partial charge in [0, 0.05) is 19.8 Å². The van der Waals surface area contributed by atoms with Crippen molar-refractivity contribution < 1.29 is 9.90 Å². The average molecular weight is 259 g/mol. The van der Waals surface area contributed by atoms with Crippen molar-refractivity contribution in [2.75, 3.05) is 12.3 Å². The smallest absolute Gasteiger partial charge is 0.268 e. The van der Waals surface area contributed by atoms with Gasteiger partial charge in [-0.25, -0.2) is 0 Å². The first-order valence-electron chi connectivity index (χ1n) is 6.01. The molecule has 1 aromatic heterocycles. The molecule has 0 bridgehead atoms. The van der Waals surface area contributed by atoms with Gasteiger partial charge in [-0.15, -0.1) is 0 Å². The summed E-state index contributed by atoms with van der Waals surface area (Å²) >= 11 is 0. The second kappa shape index (κ2) is 5.58. The quantitative estimate of drug-likeness (QED) is 0.768. The van der Waals surface area contributed by atoms with Crippen molar-refractivity contribution in [3.05, 3.63) is 53.9 Å². The van der Waals surface area contributed by atoms with Gasteiger partial charge in [-0.2, -0.15) is 0 Å². The number of hydrogen-bond acceptors (Lipinski definition) is 3. The Morgan fingerprint density at radius 3 is 2.68 bits per heavy atom. The minimum Gasteiger partial charge on any atom is -0.397 e.